The number of nitrogens with one attached hydrogen (secondary N) is 1. The van der Waals surface area contributed by atoms with Gasteiger partial charge in [-0.1, -0.05) is 6.92 Å². The third-order valence-electron chi connectivity index (χ3n) is 4.07. The Hall–Kier alpha value is -0.500. The zero-order valence-corrected chi connectivity index (χ0v) is 14.6. The molecule has 0 spiro atoms. The number of likely N-dealkylation sites (tertiary alicyclic amines) is 1. The molecule has 1 fully saturated rings. The molecule has 0 atom stereocenters. The van der Waals surface area contributed by atoms with Crippen molar-refractivity contribution in [3.8, 4) is 0 Å². The van der Waals surface area contributed by atoms with Gasteiger partial charge in [-0.05, 0) is 72.5 Å². The van der Waals surface area contributed by atoms with Gasteiger partial charge in [-0.15, -0.1) is 0 Å². The van der Waals surface area contributed by atoms with Gasteiger partial charge in [-0.2, -0.15) is 0 Å². The lowest BCUT2D eigenvalue weighted by molar-refractivity contribution is 0.143. The van der Waals surface area contributed by atoms with E-state index in [9.17, 15) is 12.8 Å². The predicted molar refractivity (Wildman–Crippen MR) is 84.1 cm³/mol. The predicted octanol–water partition coefficient (Wildman–Crippen LogP) is 2.60. The highest BCUT2D eigenvalue weighted by Crippen LogP contribution is 2.30. The van der Waals surface area contributed by atoms with Gasteiger partial charge in [0, 0.05) is 11.0 Å². The molecular formula is C14H20BrFN2O2S. The lowest BCUT2D eigenvalue weighted by atomic mass is 9.81. The van der Waals surface area contributed by atoms with Crippen LogP contribution in [-0.4, -0.2) is 40.0 Å². The van der Waals surface area contributed by atoms with Gasteiger partial charge >= 0.3 is 0 Å². The summed E-state index contributed by atoms with van der Waals surface area (Å²) in [6.07, 6.45) is 1.91. The molecule has 0 aromatic heterocycles. The number of nitrogens with zero attached hydrogens (tertiary/aromatic N) is 1. The fourth-order valence-electron chi connectivity index (χ4n) is 2.38. The Morgan fingerprint density at radius 2 is 2.00 bits per heavy atom. The first-order valence-corrected chi connectivity index (χ1v) is 9.13. The number of piperidine rings is 1. The molecule has 1 aliphatic rings. The number of hydrogen-bond donors (Lipinski definition) is 1. The first-order valence-electron chi connectivity index (χ1n) is 6.85. The van der Waals surface area contributed by atoms with Crippen molar-refractivity contribution < 1.29 is 12.8 Å². The van der Waals surface area contributed by atoms with E-state index in [1.165, 1.54) is 6.07 Å². The van der Waals surface area contributed by atoms with Crippen LogP contribution in [0.15, 0.2) is 27.6 Å². The lowest BCUT2D eigenvalue weighted by Gasteiger charge is -2.37. The van der Waals surface area contributed by atoms with E-state index < -0.39 is 15.8 Å². The van der Waals surface area contributed by atoms with Crippen LogP contribution in [0.2, 0.25) is 0 Å². The Bertz CT molecular complexity index is 613. The smallest absolute Gasteiger partial charge is 0.241 e. The van der Waals surface area contributed by atoms with E-state index in [1.807, 2.05) is 0 Å². The molecule has 1 aromatic carbocycles. The van der Waals surface area contributed by atoms with Gasteiger partial charge in [0.25, 0.3) is 0 Å². The molecule has 0 amide bonds. The van der Waals surface area contributed by atoms with E-state index in [0.29, 0.717) is 6.54 Å². The second-order valence-electron chi connectivity index (χ2n) is 6.01. The fraction of sp³-hybridized carbons (Fsp3) is 0.571. The summed E-state index contributed by atoms with van der Waals surface area (Å²) in [5.41, 5.74) is -0.0356. The van der Waals surface area contributed by atoms with Crippen LogP contribution in [-0.2, 0) is 10.0 Å². The maximum Gasteiger partial charge on any atom is 0.241 e. The van der Waals surface area contributed by atoms with Gasteiger partial charge in [0.05, 0.1) is 4.90 Å². The van der Waals surface area contributed by atoms with Crippen molar-refractivity contribution in [3.63, 3.8) is 0 Å². The van der Waals surface area contributed by atoms with Crippen LogP contribution in [0, 0.1) is 11.2 Å². The van der Waals surface area contributed by atoms with Crippen LogP contribution in [0.3, 0.4) is 0 Å². The van der Waals surface area contributed by atoms with Gasteiger partial charge in [0.1, 0.15) is 5.82 Å². The highest BCUT2D eigenvalue weighted by atomic mass is 79.9. The van der Waals surface area contributed by atoms with E-state index in [1.54, 1.807) is 0 Å². The van der Waals surface area contributed by atoms with Gasteiger partial charge in [0.2, 0.25) is 10.0 Å². The maximum absolute atomic E-state index is 13.1. The molecule has 0 radical (unpaired) electrons. The van der Waals surface area contributed by atoms with Crippen LogP contribution < -0.4 is 4.72 Å². The zero-order chi connectivity index (χ0) is 15.7. The molecule has 2 rings (SSSR count). The van der Waals surface area contributed by atoms with Crippen molar-refractivity contribution in [2.75, 3.05) is 26.7 Å². The molecule has 0 bridgehead atoms. The second-order valence-corrected chi connectivity index (χ2v) is 8.60. The third kappa shape index (κ3) is 4.25. The first-order chi connectivity index (χ1) is 9.72. The van der Waals surface area contributed by atoms with Gasteiger partial charge in [0.15, 0.2) is 0 Å². The molecule has 1 heterocycles. The summed E-state index contributed by atoms with van der Waals surface area (Å²) >= 11 is 3.10. The largest absolute Gasteiger partial charge is 0.306 e. The molecule has 21 heavy (non-hydrogen) atoms. The molecule has 1 N–H and O–H groups in total. The maximum atomic E-state index is 13.1. The Morgan fingerprint density at radius 1 is 1.38 bits per heavy atom. The molecule has 7 heteroatoms. The molecule has 118 valence electrons. The summed E-state index contributed by atoms with van der Waals surface area (Å²) in [4.78, 5) is 2.31. The highest BCUT2D eigenvalue weighted by Gasteiger charge is 2.30. The van der Waals surface area contributed by atoms with Crippen molar-refractivity contribution in [1.29, 1.82) is 0 Å². The summed E-state index contributed by atoms with van der Waals surface area (Å²) in [5.74, 6) is -0.469. The Balaban J connectivity index is 2.08. The number of halogens is 2. The highest BCUT2D eigenvalue weighted by molar-refractivity contribution is 9.10. The number of hydrogen-bond acceptors (Lipinski definition) is 3. The van der Waals surface area contributed by atoms with Crippen LogP contribution in [0.25, 0.3) is 0 Å². The zero-order valence-electron chi connectivity index (χ0n) is 12.2. The van der Waals surface area contributed by atoms with Gasteiger partial charge in [-0.3, -0.25) is 0 Å². The molecular weight excluding hydrogens is 359 g/mol. The van der Waals surface area contributed by atoms with Crippen molar-refractivity contribution in [1.82, 2.24) is 9.62 Å². The van der Waals surface area contributed by atoms with Crippen LogP contribution in [0.1, 0.15) is 19.8 Å². The average Bonchev–Trinajstić information content (AvgIpc) is 2.40. The van der Waals surface area contributed by atoms with Crippen LogP contribution in [0.4, 0.5) is 4.39 Å². The first kappa shape index (κ1) is 16.9. The Morgan fingerprint density at radius 3 is 2.57 bits per heavy atom. The lowest BCUT2D eigenvalue weighted by Crippen LogP contribution is -2.43. The SMILES string of the molecule is CN1CCC(C)(CNS(=O)(=O)c2ccc(F)cc2Br)CC1. The molecule has 1 aromatic rings. The fourth-order valence-corrected chi connectivity index (χ4v) is 4.62. The quantitative estimate of drug-likeness (QED) is 0.875. The Kier molecular flexibility index (Phi) is 5.07. The topological polar surface area (TPSA) is 49.4 Å². The van der Waals surface area contributed by atoms with E-state index in [0.717, 1.165) is 38.1 Å². The Labute approximate surface area is 133 Å². The van der Waals surface area contributed by atoms with E-state index >= 15 is 0 Å². The summed E-state index contributed by atoms with van der Waals surface area (Å²) in [6.45, 7) is 4.44. The van der Waals surface area contributed by atoms with E-state index in [2.05, 4.69) is 39.5 Å². The van der Waals surface area contributed by atoms with Crippen molar-refractivity contribution in [2.45, 2.75) is 24.7 Å². The molecule has 0 aliphatic carbocycles. The van der Waals surface area contributed by atoms with Gasteiger partial charge in [-0.25, -0.2) is 17.5 Å². The van der Waals surface area contributed by atoms with Crippen molar-refractivity contribution in [3.05, 3.63) is 28.5 Å². The number of sulfonamides is 1. The summed E-state index contributed by atoms with van der Waals surface area (Å²) in [7, 11) is -1.57. The summed E-state index contributed by atoms with van der Waals surface area (Å²) in [5, 5.41) is 0. The molecule has 0 saturated carbocycles. The van der Waals surface area contributed by atoms with Crippen molar-refractivity contribution >= 4 is 26.0 Å². The van der Waals surface area contributed by atoms with Crippen LogP contribution in [0.5, 0.6) is 0 Å². The standard InChI is InChI=1S/C14H20BrFN2O2S/c1-14(5-7-18(2)8-6-14)10-17-21(19,20)13-4-3-11(16)9-12(13)15/h3-4,9,17H,5-8,10H2,1-2H3. The van der Waals surface area contributed by atoms with Crippen LogP contribution >= 0.6 is 15.9 Å². The monoisotopic (exact) mass is 378 g/mol. The van der Waals surface area contributed by atoms with Crippen molar-refractivity contribution in [2.24, 2.45) is 5.41 Å². The minimum atomic E-state index is -3.64. The summed E-state index contributed by atoms with van der Waals surface area (Å²) in [6, 6.07) is 3.58. The number of benzene rings is 1. The minimum absolute atomic E-state index is 0.0356. The molecule has 1 aliphatic heterocycles. The van der Waals surface area contributed by atoms with E-state index in [4.69, 9.17) is 0 Å². The average molecular weight is 379 g/mol. The summed E-state index contributed by atoms with van der Waals surface area (Å²) < 4.78 is 40.6. The van der Waals surface area contributed by atoms with Gasteiger partial charge < -0.3 is 4.90 Å². The second kappa shape index (κ2) is 6.32. The molecule has 0 unspecified atom stereocenters. The minimum Gasteiger partial charge on any atom is -0.306 e. The number of rotatable bonds is 4. The third-order valence-corrected chi connectivity index (χ3v) is 6.44. The molecule has 1 saturated heterocycles. The van der Waals surface area contributed by atoms with E-state index in [-0.39, 0.29) is 14.8 Å². The normalized spacial score (nSPS) is 19.6. The molecule has 4 nitrogen and oxygen atoms in total.